The standard InChI is InChI=1S/C10H11N3O2/c11-7-3-4-8(14-5-6-1-2-6)10-9(7)12-15-13-10/h3-4,6H,1-2,5,11H2. The van der Waals surface area contributed by atoms with E-state index in [2.05, 4.69) is 14.9 Å². The number of nitrogens with zero attached hydrogens (tertiary/aromatic N) is 2. The largest absolute Gasteiger partial charge is 0.491 e. The highest BCUT2D eigenvalue weighted by Crippen LogP contribution is 2.32. The van der Waals surface area contributed by atoms with Gasteiger partial charge in [0.05, 0.1) is 12.3 Å². The van der Waals surface area contributed by atoms with Gasteiger partial charge in [-0.1, -0.05) is 0 Å². The van der Waals surface area contributed by atoms with Crippen molar-refractivity contribution in [2.45, 2.75) is 12.8 Å². The molecule has 2 aromatic rings. The van der Waals surface area contributed by atoms with E-state index in [0.717, 1.165) is 6.61 Å². The molecule has 2 N–H and O–H groups in total. The number of benzene rings is 1. The van der Waals surface area contributed by atoms with Crippen molar-refractivity contribution in [3.8, 4) is 5.75 Å². The Hall–Kier alpha value is -1.78. The van der Waals surface area contributed by atoms with Crippen molar-refractivity contribution >= 4 is 16.7 Å². The van der Waals surface area contributed by atoms with Gasteiger partial charge < -0.3 is 10.5 Å². The number of ether oxygens (including phenoxy) is 1. The first-order valence-corrected chi connectivity index (χ1v) is 4.98. The second-order valence-electron chi connectivity index (χ2n) is 3.87. The summed E-state index contributed by atoms with van der Waals surface area (Å²) in [6, 6.07) is 3.57. The third kappa shape index (κ3) is 1.49. The molecule has 1 fully saturated rings. The summed E-state index contributed by atoms with van der Waals surface area (Å²) in [6.07, 6.45) is 2.52. The third-order valence-electron chi connectivity index (χ3n) is 2.58. The molecule has 0 amide bonds. The zero-order valence-electron chi connectivity index (χ0n) is 8.14. The number of aromatic nitrogens is 2. The lowest BCUT2D eigenvalue weighted by Gasteiger charge is -2.04. The maximum absolute atomic E-state index is 5.72. The second kappa shape index (κ2) is 3.12. The molecule has 1 saturated carbocycles. The Morgan fingerprint density at radius 1 is 1.33 bits per heavy atom. The van der Waals surface area contributed by atoms with Crippen LogP contribution in [0.3, 0.4) is 0 Å². The van der Waals surface area contributed by atoms with E-state index in [4.69, 9.17) is 10.5 Å². The minimum Gasteiger partial charge on any atom is -0.491 e. The van der Waals surface area contributed by atoms with Gasteiger partial charge in [0.1, 0.15) is 0 Å². The summed E-state index contributed by atoms with van der Waals surface area (Å²) in [6.45, 7) is 0.742. The average Bonchev–Trinajstić information content (AvgIpc) is 2.92. The van der Waals surface area contributed by atoms with Crippen LogP contribution in [0.4, 0.5) is 5.69 Å². The van der Waals surface area contributed by atoms with Crippen LogP contribution in [0.15, 0.2) is 16.8 Å². The summed E-state index contributed by atoms with van der Waals surface area (Å²) >= 11 is 0. The predicted octanol–water partition coefficient (Wildman–Crippen LogP) is 1.59. The maximum Gasteiger partial charge on any atom is 0.179 e. The monoisotopic (exact) mass is 205 g/mol. The summed E-state index contributed by atoms with van der Waals surface area (Å²) in [5.41, 5.74) is 7.46. The van der Waals surface area contributed by atoms with Crippen LogP contribution in [0.25, 0.3) is 11.0 Å². The van der Waals surface area contributed by atoms with E-state index in [1.54, 1.807) is 6.07 Å². The summed E-state index contributed by atoms with van der Waals surface area (Å²) in [5, 5.41) is 7.52. The van der Waals surface area contributed by atoms with E-state index in [1.165, 1.54) is 12.8 Å². The molecule has 0 spiro atoms. The van der Waals surface area contributed by atoms with E-state index in [1.807, 2.05) is 6.07 Å². The van der Waals surface area contributed by atoms with Gasteiger partial charge in [-0.2, -0.15) is 0 Å². The molecule has 1 heterocycles. The molecule has 1 aromatic carbocycles. The summed E-state index contributed by atoms with van der Waals surface area (Å²) < 4.78 is 10.3. The lowest BCUT2D eigenvalue weighted by Crippen LogP contribution is -2.00. The molecule has 5 heteroatoms. The fourth-order valence-electron chi connectivity index (χ4n) is 1.47. The van der Waals surface area contributed by atoms with Crippen LogP contribution in [-0.4, -0.2) is 16.9 Å². The van der Waals surface area contributed by atoms with Gasteiger partial charge in [0.2, 0.25) is 0 Å². The van der Waals surface area contributed by atoms with E-state index in [0.29, 0.717) is 28.4 Å². The van der Waals surface area contributed by atoms with Crippen molar-refractivity contribution in [2.75, 3.05) is 12.3 Å². The normalized spacial score (nSPS) is 15.7. The number of hydrogen-bond donors (Lipinski definition) is 1. The van der Waals surface area contributed by atoms with Crippen LogP contribution in [-0.2, 0) is 0 Å². The lowest BCUT2D eigenvalue weighted by molar-refractivity contribution is 0.295. The minimum atomic E-state index is 0.560. The zero-order chi connectivity index (χ0) is 10.3. The van der Waals surface area contributed by atoms with Gasteiger partial charge in [-0.05, 0) is 41.2 Å². The second-order valence-corrected chi connectivity index (χ2v) is 3.87. The molecular formula is C10H11N3O2. The molecule has 1 aliphatic rings. The van der Waals surface area contributed by atoms with Gasteiger partial charge in [-0.3, -0.25) is 0 Å². The first-order chi connectivity index (χ1) is 7.34. The molecule has 0 aliphatic heterocycles. The van der Waals surface area contributed by atoms with Crippen LogP contribution in [0, 0.1) is 5.92 Å². The Balaban J connectivity index is 1.94. The van der Waals surface area contributed by atoms with E-state index >= 15 is 0 Å². The zero-order valence-corrected chi connectivity index (χ0v) is 8.14. The quantitative estimate of drug-likeness (QED) is 0.770. The highest BCUT2D eigenvalue weighted by molar-refractivity contribution is 5.90. The number of hydrogen-bond acceptors (Lipinski definition) is 5. The van der Waals surface area contributed by atoms with Gasteiger partial charge in [-0.15, -0.1) is 0 Å². The van der Waals surface area contributed by atoms with E-state index < -0.39 is 0 Å². The Morgan fingerprint density at radius 2 is 2.13 bits per heavy atom. The molecule has 0 radical (unpaired) electrons. The molecular weight excluding hydrogens is 194 g/mol. The van der Waals surface area contributed by atoms with Crippen molar-refractivity contribution in [1.29, 1.82) is 0 Å². The summed E-state index contributed by atoms with van der Waals surface area (Å²) in [4.78, 5) is 0. The minimum absolute atomic E-state index is 0.560. The number of rotatable bonds is 3. The van der Waals surface area contributed by atoms with Gasteiger partial charge >= 0.3 is 0 Å². The highest BCUT2D eigenvalue weighted by Gasteiger charge is 2.22. The van der Waals surface area contributed by atoms with Crippen LogP contribution in [0.2, 0.25) is 0 Å². The number of anilines is 1. The first-order valence-electron chi connectivity index (χ1n) is 4.98. The lowest BCUT2D eigenvalue weighted by atomic mass is 10.2. The summed E-state index contributed by atoms with van der Waals surface area (Å²) in [7, 11) is 0. The maximum atomic E-state index is 5.72. The molecule has 0 bridgehead atoms. The molecule has 0 atom stereocenters. The molecule has 15 heavy (non-hydrogen) atoms. The van der Waals surface area contributed by atoms with Crippen LogP contribution in [0.5, 0.6) is 5.75 Å². The fraction of sp³-hybridized carbons (Fsp3) is 0.400. The highest BCUT2D eigenvalue weighted by atomic mass is 16.6. The van der Waals surface area contributed by atoms with Crippen molar-refractivity contribution in [3.05, 3.63) is 12.1 Å². The third-order valence-corrected chi connectivity index (χ3v) is 2.58. The Bertz CT molecular complexity index is 490. The number of nitrogens with two attached hydrogens (primary N) is 1. The van der Waals surface area contributed by atoms with Gasteiger partial charge in [0.25, 0.3) is 0 Å². The number of nitrogen functional groups attached to an aromatic ring is 1. The molecule has 5 nitrogen and oxygen atoms in total. The SMILES string of the molecule is Nc1ccc(OCC2CC2)c2nonc12. The fourth-order valence-corrected chi connectivity index (χ4v) is 1.47. The van der Waals surface area contributed by atoms with E-state index in [-0.39, 0.29) is 0 Å². The topological polar surface area (TPSA) is 74.2 Å². The molecule has 0 unspecified atom stereocenters. The summed E-state index contributed by atoms with van der Waals surface area (Å²) in [5.74, 6) is 1.41. The molecule has 0 saturated heterocycles. The Morgan fingerprint density at radius 3 is 2.93 bits per heavy atom. The Labute approximate surface area is 86.2 Å². The van der Waals surface area contributed by atoms with Crippen molar-refractivity contribution in [1.82, 2.24) is 10.3 Å². The average molecular weight is 205 g/mol. The molecule has 78 valence electrons. The van der Waals surface area contributed by atoms with Gasteiger partial charge in [0, 0.05) is 0 Å². The van der Waals surface area contributed by atoms with Crippen molar-refractivity contribution in [2.24, 2.45) is 5.92 Å². The molecule has 1 aromatic heterocycles. The van der Waals surface area contributed by atoms with Crippen LogP contribution < -0.4 is 10.5 Å². The molecule has 3 rings (SSSR count). The van der Waals surface area contributed by atoms with E-state index in [9.17, 15) is 0 Å². The van der Waals surface area contributed by atoms with Crippen molar-refractivity contribution in [3.63, 3.8) is 0 Å². The van der Waals surface area contributed by atoms with Gasteiger partial charge in [0.15, 0.2) is 16.8 Å². The van der Waals surface area contributed by atoms with Crippen LogP contribution >= 0.6 is 0 Å². The predicted molar refractivity (Wildman–Crippen MR) is 54.4 cm³/mol. The smallest absolute Gasteiger partial charge is 0.179 e. The van der Waals surface area contributed by atoms with Gasteiger partial charge in [-0.25, -0.2) is 4.63 Å². The Kier molecular flexibility index (Phi) is 1.77. The number of fused-ring (bicyclic) bond motifs is 1. The van der Waals surface area contributed by atoms with Crippen LogP contribution in [0.1, 0.15) is 12.8 Å². The first kappa shape index (κ1) is 8.52. The van der Waals surface area contributed by atoms with Crippen molar-refractivity contribution < 1.29 is 9.37 Å². The molecule has 1 aliphatic carbocycles.